The van der Waals surface area contributed by atoms with Crippen molar-refractivity contribution in [2.45, 2.75) is 31.6 Å². The molecule has 2 atom stereocenters. The van der Waals surface area contributed by atoms with Crippen LogP contribution >= 0.6 is 0 Å². The van der Waals surface area contributed by atoms with Crippen molar-refractivity contribution in [2.24, 2.45) is 0 Å². The number of carbonyl (C=O) groups is 3. The van der Waals surface area contributed by atoms with Gasteiger partial charge in [-0.1, -0.05) is 54.6 Å². The molecule has 0 saturated carbocycles. The lowest BCUT2D eigenvalue weighted by molar-refractivity contribution is -0.145. The van der Waals surface area contributed by atoms with Crippen molar-refractivity contribution >= 4 is 28.9 Å². The zero-order valence-corrected chi connectivity index (χ0v) is 18.8. The number of fused-ring (bicyclic) bond motifs is 1. The van der Waals surface area contributed by atoms with Crippen LogP contribution < -0.4 is 10.6 Å². The molecule has 2 amide bonds. The van der Waals surface area contributed by atoms with Gasteiger partial charge in [-0.25, -0.2) is 9.59 Å². The number of para-hydroxylation sites is 1. The average molecular weight is 466 g/mol. The molecular weight excluding hydrogens is 438 g/mol. The van der Waals surface area contributed by atoms with Crippen LogP contribution in [0.15, 0.2) is 66.7 Å². The number of hydrogen-bond acceptors (Lipinski definition) is 7. The Labute approximate surface area is 197 Å². The van der Waals surface area contributed by atoms with Crippen molar-refractivity contribution in [3.8, 4) is 0 Å². The molecule has 0 fully saturated rings. The van der Waals surface area contributed by atoms with Gasteiger partial charge in [0.05, 0.1) is 25.2 Å². The first-order valence-corrected chi connectivity index (χ1v) is 10.8. The quantitative estimate of drug-likeness (QED) is 0.392. The zero-order valence-electron chi connectivity index (χ0n) is 18.8. The van der Waals surface area contributed by atoms with E-state index >= 15 is 0 Å². The van der Waals surface area contributed by atoms with E-state index in [0.717, 1.165) is 16.5 Å². The van der Waals surface area contributed by atoms with Crippen molar-refractivity contribution < 1.29 is 29.0 Å². The molecule has 1 heterocycles. The summed E-state index contributed by atoms with van der Waals surface area (Å²) in [6, 6.07) is 19.4. The van der Waals surface area contributed by atoms with Gasteiger partial charge in [0.2, 0.25) is 5.91 Å². The lowest BCUT2D eigenvalue weighted by Gasteiger charge is -2.18. The Morgan fingerprint density at radius 3 is 2.50 bits per heavy atom. The molecule has 1 aromatic heterocycles. The summed E-state index contributed by atoms with van der Waals surface area (Å²) in [6.07, 6.45) is -2.07. The molecule has 0 aliphatic carbocycles. The Hall–Kier alpha value is -3.98. The molecule has 178 valence electrons. The second-order valence-corrected chi connectivity index (χ2v) is 7.64. The first-order valence-electron chi connectivity index (χ1n) is 10.8. The summed E-state index contributed by atoms with van der Waals surface area (Å²) in [6.45, 7) is -0.0942. The average Bonchev–Trinajstić information content (AvgIpc) is 2.85. The second kappa shape index (κ2) is 12.3. The van der Waals surface area contributed by atoms with Crippen molar-refractivity contribution in [3.05, 3.63) is 78.0 Å². The molecule has 2 aromatic carbocycles. The number of aliphatic hydroxyl groups excluding tert-OH is 1. The van der Waals surface area contributed by atoms with Gasteiger partial charge >= 0.3 is 12.1 Å². The highest BCUT2D eigenvalue weighted by atomic mass is 16.5. The number of benzene rings is 2. The summed E-state index contributed by atoms with van der Waals surface area (Å²) in [5, 5.41) is 16.1. The van der Waals surface area contributed by atoms with Crippen LogP contribution in [-0.2, 0) is 32.1 Å². The molecule has 3 rings (SSSR count). The number of nitrogens with one attached hydrogen (secondary N) is 2. The number of amides is 2. The Morgan fingerprint density at radius 2 is 1.74 bits per heavy atom. The number of esters is 1. The van der Waals surface area contributed by atoms with E-state index in [0.29, 0.717) is 5.69 Å². The molecular formula is C25H27N3O6. The maximum atomic E-state index is 12.4. The molecule has 9 nitrogen and oxygen atoms in total. The highest BCUT2D eigenvalue weighted by molar-refractivity contribution is 5.85. The molecule has 3 N–H and O–H groups in total. The third-order valence-corrected chi connectivity index (χ3v) is 5.01. The van der Waals surface area contributed by atoms with Crippen LogP contribution in [0.25, 0.3) is 10.9 Å². The van der Waals surface area contributed by atoms with Gasteiger partial charge in [0.25, 0.3) is 0 Å². The Bertz CT molecular complexity index is 1120. The smallest absolute Gasteiger partial charge is 0.407 e. The van der Waals surface area contributed by atoms with Crippen LogP contribution in [-0.4, -0.2) is 53.9 Å². The number of aliphatic hydroxyl groups is 1. The predicted octanol–water partition coefficient (Wildman–Crippen LogP) is 2.11. The molecule has 0 saturated heterocycles. The van der Waals surface area contributed by atoms with Crippen LogP contribution in [0.3, 0.4) is 0 Å². The fourth-order valence-corrected chi connectivity index (χ4v) is 3.28. The molecule has 0 bridgehead atoms. The highest BCUT2D eigenvalue weighted by Gasteiger charge is 2.24. The number of methoxy groups -OCH3 is 1. The molecule has 0 spiro atoms. The number of carbonyl (C=O) groups excluding carboxylic acids is 3. The standard InChI is InChI=1S/C25H27N3O6/c1-33-24(31)22(13-19-12-11-18-9-5-6-10-21(18)27-19)28-23(30)14-20(29)15-26-25(32)34-16-17-7-3-2-4-8-17/h2-12,20,22,29H,13-16H2,1H3,(H,26,32)(H,28,30)/t20-,22-/m1/s1. The van der Waals surface area contributed by atoms with Crippen molar-refractivity contribution in [2.75, 3.05) is 13.7 Å². The van der Waals surface area contributed by atoms with E-state index in [1.54, 1.807) is 6.07 Å². The van der Waals surface area contributed by atoms with E-state index in [4.69, 9.17) is 9.47 Å². The molecule has 9 heteroatoms. The van der Waals surface area contributed by atoms with Gasteiger partial charge in [0.15, 0.2) is 0 Å². The number of nitrogens with zero attached hydrogens (tertiary/aromatic N) is 1. The second-order valence-electron chi connectivity index (χ2n) is 7.64. The van der Waals surface area contributed by atoms with Crippen LogP contribution in [0, 0.1) is 0 Å². The maximum Gasteiger partial charge on any atom is 0.407 e. The van der Waals surface area contributed by atoms with Gasteiger partial charge in [-0.3, -0.25) is 9.78 Å². The largest absolute Gasteiger partial charge is 0.467 e. The summed E-state index contributed by atoms with van der Waals surface area (Å²) in [4.78, 5) is 40.9. The van der Waals surface area contributed by atoms with E-state index in [2.05, 4.69) is 15.6 Å². The van der Waals surface area contributed by atoms with E-state index in [9.17, 15) is 19.5 Å². The number of pyridine rings is 1. The monoisotopic (exact) mass is 465 g/mol. The molecule has 0 radical (unpaired) electrons. The fourth-order valence-electron chi connectivity index (χ4n) is 3.28. The number of alkyl carbamates (subject to hydrolysis) is 1. The van der Waals surface area contributed by atoms with Crippen LogP contribution in [0.5, 0.6) is 0 Å². The molecule has 0 aliphatic rings. The normalized spacial score (nSPS) is 12.4. The fraction of sp³-hybridized carbons (Fsp3) is 0.280. The summed E-state index contributed by atoms with van der Waals surface area (Å²) in [5.74, 6) is -1.19. The van der Waals surface area contributed by atoms with Crippen LogP contribution in [0.1, 0.15) is 17.7 Å². The topological polar surface area (TPSA) is 127 Å². The van der Waals surface area contributed by atoms with E-state index in [-0.39, 0.29) is 26.0 Å². The predicted molar refractivity (Wildman–Crippen MR) is 125 cm³/mol. The van der Waals surface area contributed by atoms with E-state index < -0.39 is 30.1 Å². The number of rotatable bonds is 10. The van der Waals surface area contributed by atoms with Gasteiger partial charge in [-0.15, -0.1) is 0 Å². The van der Waals surface area contributed by atoms with Crippen molar-refractivity contribution in [1.82, 2.24) is 15.6 Å². The van der Waals surface area contributed by atoms with Gasteiger partial charge in [0, 0.05) is 24.0 Å². The van der Waals surface area contributed by atoms with Gasteiger partial charge < -0.3 is 25.2 Å². The first kappa shape index (κ1) is 24.7. The van der Waals surface area contributed by atoms with Crippen LogP contribution in [0.4, 0.5) is 4.79 Å². The summed E-state index contributed by atoms with van der Waals surface area (Å²) < 4.78 is 9.86. The van der Waals surface area contributed by atoms with Gasteiger partial charge in [-0.2, -0.15) is 0 Å². The third-order valence-electron chi connectivity index (χ3n) is 5.01. The first-order chi connectivity index (χ1) is 16.4. The number of aromatic nitrogens is 1. The van der Waals surface area contributed by atoms with Crippen molar-refractivity contribution in [3.63, 3.8) is 0 Å². The Balaban J connectivity index is 1.47. The van der Waals surface area contributed by atoms with Gasteiger partial charge in [0.1, 0.15) is 12.6 Å². The summed E-state index contributed by atoms with van der Waals surface area (Å²) >= 11 is 0. The zero-order chi connectivity index (χ0) is 24.3. The molecule has 34 heavy (non-hydrogen) atoms. The van der Waals surface area contributed by atoms with E-state index in [1.807, 2.05) is 60.7 Å². The highest BCUT2D eigenvalue weighted by Crippen LogP contribution is 2.13. The molecule has 0 aliphatic heterocycles. The minimum Gasteiger partial charge on any atom is -0.467 e. The molecule has 3 aromatic rings. The SMILES string of the molecule is COC(=O)[C@@H](Cc1ccc2ccccc2n1)NC(=O)C[C@@H](O)CNC(=O)OCc1ccccc1. The summed E-state index contributed by atoms with van der Waals surface area (Å²) in [5.41, 5.74) is 2.21. The van der Waals surface area contributed by atoms with Gasteiger partial charge in [-0.05, 0) is 17.7 Å². The van der Waals surface area contributed by atoms with Crippen LogP contribution in [0.2, 0.25) is 0 Å². The lowest BCUT2D eigenvalue weighted by atomic mass is 10.1. The maximum absolute atomic E-state index is 12.4. The van der Waals surface area contributed by atoms with E-state index in [1.165, 1.54) is 7.11 Å². The van der Waals surface area contributed by atoms with Crippen molar-refractivity contribution in [1.29, 1.82) is 0 Å². The third kappa shape index (κ3) is 7.56. The summed E-state index contributed by atoms with van der Waals surface area (Å²) in [7, 11) is 1.23. The number of hydrogen-bond donors (Lipinski definition) is 3. The Morgan fingerprint density at radius 1 is 1.00 bits per heavy atom. The Kier molecular flexibility index (Phi) is 8.93. The minimum atomic E-state index is -1.17. The number of ether oxygens (including phenoxy) is 2. The molecule has 0 unspecified atom stereocenters. The lowest BCUT2D eigenvalue weighted by Crippen LogP contribution is -2.45. The minimum absolute atomic E-state index is 0.0902.